The van der Waals surface area contributed by atoms with E-state index in [1.165, 1.54) is 0 Å². The van der Waals surface area contributed by atoms with Gasteiger partial charge in [-0.3, -0.25) is 4.79 Å². The van der Waals surface area contributed by atoms with Crippen LogP contribution in [0.25, 0.3) is 0 Å². The van der Waals surface area contributed by atoms with Crippen LogP contribution in [-0.2, 0) is 0 Å². The summed E-state index contributed by atoms with van der Waals surface area (Å²) in [7, 11) is 0. The highest BCUT2D eigenvalue weighted by atomic mass is 79.9. The Morgan fingerprint density at radius 2 is 2.33 bits per heavy atom. The normalized spacial score (nSPS) is 12.3. The van der Waals surface area contributed by atoms with Gasteiger partial charge in [0, 0.05) is 15.5 Å². The smallest absolute Gasteiger partial charge is 0.252 e. The van der Waals surface area contributed by atoms with Crippen LogP contribution in [0.2, 0.25) is 5.02 Å². The average Bonchev–Trinajstić information content (AvgIpc) is 2.17. The average molecular weight is 293 g/mol. The van der Waals surface area contributed by atoms with Crippen molar-refractivity contribution in [2.75, 3.05) is 6.61 Å². The molecular weight excluding hydrogens is 281 g/mol. The van der Waals surface area contributed by atoms with Crippen LogP contribution in [0.5, 0.6) is 0 Å². The molecule has 1 aromatic carbocycles. The first kappa shape index (κ1) is 12.5. The first-order chi connectivity index (χ1) is 7.04. The van der Waals surface area contributed by atoms with Gasteiger partial charge in [0.05, 0.1) is 12.2 Å². The highest BCUT2D eigenvalue weighted by Gasteiger charge is 2.12. The Kier molecular flexibility index (Phi) is 4.57. The molecular formula is C10H11BrClNO2. The number of nitrogens with one attached hydrogen (secondary N) is 1. The molecule has 0 aromatic heterocycles. The molecule has 5 heteroatoms. The first-order valence-electron chi connectivity index (χ1n) is 4.41. The zero-order valence-electron chi connectivity index (χ0n) is 8.13. The second-order valence-electron chi connectivity index (χ2n) is 3.18. The van der Waals surface area contributed by atoms with Crippen molar-refractivity contribution in [3.8, 4) is 0 Å². The maximum Gasteiger partial charge on any atom is 0.252 e. The van der Waals surface area contributed by atoms with Crippen molar-refractivity contribution >= 4 is 33.4 Å². The van der Waals surface area contributed by atoms with Crippen LogP contribution >= 0.6 is 27.5 Å². The van der Waals surface area contributed by atoms with Crippen molar-refractivity contribution in [2.45, 2.75) is 13.0 Å². The van der Waals surface area contributed by atoms with Gasteiger partial charge in [0.25, 0.3) is 5.91 Å². The zero-order chi connectivity index (χ0) is 11.4. The van der Waals surface area contributed by atoms with E-state index in [0.29, 0.717) is 15.1 Å². The van der Waals surface area contributed by atoms with Crippen molar-refractivity contribution in [2.24, 2.45) is 0 Å². The number of aliphatic hydroxyl groups excluding tert-OH is 1. The van der Waals surface area contributed by atoms with Gasteiger partial charge < -0.3 is 10.4 Å². The van der Waals surface area contributed by atoms with E-state index in [9.17, 15) is 4.79 Å². The summed E-state index contributed by atoms with van der Waals surface area (Å²) in [6.45, 7) is 1.64. The molecule has 3 nitrogen and oxygen atoms in total. The fraction of sp³-hybridized carbons (Fsp3) is 0.300. The van der Waals surface area contributed by atoms with Crippen molar-refractivity contribution in [3.05, 3.63) is 33.3 Å². The number of rotatable bonds is 3. The molecule has 2 N–H and O–H groups in total. The standard InChI is InChI=1S/C10H11BrClNO2/c1-6(5-14)13-10(15)8-3-2-7(12)4-9(8)11/h2-4,6,14H,5H2,1H3,(H,13,15)/t6-/m1/s1. The molecule has 0 aliphatic heterocycles. The Morgan fingerprint density at radius 3 is 2.87 bits per heavy atom. The van der Waals surface area contributed by atoms with Gasteiger partial charge in [0.1, 0.15) is 0 Å². The summed E-state index contributed by atoms with van der Waals surface area (Å²) in [5, 5.41) is 12.0. The number of carbonyl (C=O) groups is 1. The lowest BCUT2D eigenvalue weighted by molar-refractivity contribution is 0.0921. The largest absolute Gasteiger partial charge is 0.394 e. The molecule has 0 bridgehead atoms. The van der Waals surface area contributed by atoms with E-state index in [2.05, 4.69) is 21.2 Å². The number of hydrogen-bond donors (Lipinski definition) is 2. The van der Waals surface area contributed by atoms with Crippen molar-refractivity contribution in [3.63, 3.8) is 0 Å². The van der Waals surface area contributed by atoms with Crippen LogP contribution in [0.3, 0.4) is 0 Å². The maximum atomic E-state index is 11.7. The highest BCUT2D eigenvalue weighted by molar-refractivity contribution is 9.10. The summed E-state index contributed by atoms with van der Waals surface area (Å²) in [5.41, 5.74) is 0.500. The van der Waals surface area contributed by atoms with Gasteiger partial charge in [-0.1, -0.05) is 11.6 Å². The molecule has 0 heterocycles. The van der Waals surface area contributed by atoms with Crippen LogP contribution < -0.4 is 5.32 Å². The van der Waals surface area contributed by atoms with Crippen LogP contribution in [-0.4, -0.2) is 23.7 Å². The fourth-order valence-electron chi connectivity index (χ4n) is 1.02. The van der Waals surface area contributed by atoms with E-state index in [-0.39, 0.29) is 18.6 Å². The number of aliphatic hydroxyl groups is 1. The van der Waals surface area contributed by atoms with Gasteiger partial charge in [0.15, 0.2) is 0 Å². The zero-order valence-corrected chi connectivity index (χ0v) is 10.5. The third-order valence-corrected chi connectivity index (χ3v) is 2.72. The minimum atomic E-state index is -0.264. The number of hydrogen-bond acceptors (Lipinski definition) is 2. The molecule has 1 amide bonds. The molecule has 0 saturated carbocycles. The van der Waals surface area contributed by atoms with E-state index in [1.807, 2.05) is 0 Å². The second kappa shape index (κ2) is 5.49. The minimum Gasteiger partial charge on any atom is -0.394 e. The molecule has 1 atom stereocenters. The Hall–Kier alpha value is -0.580. The lowest BCUT2D eigenvalue weighted by Crippen LogP contribution is -2.35. The second-order valence-corrected chi connectivity index (χ2v) is 4.47. The van der Waals surface area contributed by atoms with Gasteiger partial charge in [0.2, 0.25) is 0 Å². The Balaban J connectivity index is 2.82. The predicted octanol–water partition coefficient (Wildman–Crippen LogP) is 2.21. The topological polar surface area (TPSA) is 49.3 Å². The number of benzene rings is 1. The molecule has 0 radical (unpaired) electrons. The van der Waals surface area contributed by atoms with Gasteiger partial charge >= 0.3 is 0 Å². The lowest BCUT2D eigenvalue weighted by Gasteiger charge is -2.11. The monoisotopic (exact) mass is 291 g/mol. The molecule has 0 saturated heterocycles. The molecule has 0 unspecified atom stereocenters. The lowest BCUT2D eigenvalue weighted by atomic mass is 10.2. The van der Waals surface area contributed by atoms with E-state index in [1.54, 1.807) is 25.1 Å². The van der Waals surface area contributed by atoms with Gasteiger partial charge in [-0.25, -0.2) is 0 Å². The van der Waals surface area contributed by atoms with E-state index in [4.69, 9.17) is 16.7 Å². The fourth-order valence-corrected chi connectivity index (χ4v) is 1.88. The van der Waals surface area contributed by atoms with Gasteiger partial charge in [-0.05, 0) is 41.1 Å². The summed E-state index contributed by atoms with van der Waals surface area (Å²) in [5.74, 6) is -0.236. The van der Waals surface area contributed by atoms with Crippen molar-refractivity contribution in [1.82, 2.24) is 5.32 Å². The molecule has 82 valence electrons. The third-order valence-electron chi connectivity index (χ3n) is 1.83. The highest BCUT2D eigenvalue weighted by Crippen LogP contribution is 2.21. The van der Waals surface area contributed by atoms with Gasteiger partial charge in [-0.2, -0.15) is 0 Å². The van der Waals surface area contributed by atoms with E-state index in [0.717, 1.165) is 0 Å². The summed E-state index contributed by atoms with van der Waals surface area (Å²) >= 11 is 9.00. The number of amides is 1. The summed E-state index contributed by atoms with van der Waals surface area (Å²) < 4.78 is 0.637. The number of carbonyl (C=O) groups excluding carboxylic acids is 1. The molecule has 15 heavy (non-hydrogen) atoms. The molecule has 0 aliphatic carbocycles. The predicted molar refractivity (Wildman–Crippen MR) is 63.2 cm³/mol. The molecule has 0 fully saturated rings. The van der Waals surface area contributed by atoms with E-state index >= 15 is 0 Å². The molecule has 0 aliphatic rings. The summed E-state index contributed by atoms with van der Waals surface area (Å²) in [6.07, 6.45) is 0. The van der Waals surface area contributed by atoms with Crippen molar-refractivity contribution < 1.29 is 9.90 Å². The third kappa shape index (κ3) is 3.48. The molecule has 1 aromatic rings. The number of halogens is 2. The SMILES string of the molecule is C[C@H](CO)NC(=O)c1ccc(Cl)cc1Br. The first-order valence-corrected chi connectivity index (χ1v) is 5.58. The van der Waals surface area contributed by atoms with E-state index < -0.39 is 0 Å². The van der Waals surface area contributed by atoms with Gasteiger partial charge in [-0.15, -0.1) is 0 Å². The van der Waals surface area contributed by atoms with Crippen LogP contribution in [0.15, 0.2) is 22.7 Å². The summed E-state index contributed by atoms with van der Waals surface area (Å²) in [4.78, 5) is 11.7. The Bertz CT molecular complexity index is 370. The van der Waals surface area contributed by atoms with Crippen LogP contribution in [0.4, 0.5) is 0 Å². The van der Waals surface area contributed by atoms with Crippen LogP contribution in [0, 0.1) is 0 Å². The maximum absolute atomic E-state index is 11.7. The Labute approximate surface area is 102 Å². The quantitative estimate of drug-likeness (QED) is 0.897. The summed E-state index contributed by atoms with van der Waals surface area (Å²) in [6, 6.07) is 4.66. The van der Waals surface area contributed by atoms with Crippen LogP contribution in [0.1, 0.15) is 17.3 Å². The molecule has 1 rings (SSSR count). The van der Waals surface area contributed by atoms with Crippen molar-refractivity contribution in [1.29, 1.82) is 0 Å². The molecule has 0 spiro atoms. The minimum absolute atomic E-state index is 0.0864. The Morgan fingerprint density at radius 1 is 1.67 bits per heavy atom.